The van der Waals surface area contributed by atoms with Gasteiger partial charge in [0.05, 0.1) is 6.54 Å². The summed E-state index contributed by atoms with van der Waals surface area (Å²) in [7, 11) is 1.40. The van der Waals surface area contributed by atoms with Gasteiger partial charge in [-0.25, -0.2) is 4.79 Å². The molecule has 0 aliphatic heterocycles. The number of nitrogens with two attached hydrogens (primary N) is 1. The third-order valence-electron chi connectivity index (χ3n) is 5.30. The number of amides is 2. The van der Waals surface area contributed by atoms with Crippen LogP contribution in [0.4, 0.5) is 0 Å². The van der Waals surface area contributed by atoms with Gasteiger partial charge in [0, 0.05) is 18.6 Å². The molecule has 2 aromatic carbocycles. The lowest BCUT2D eigenvalue weighted by atomic mass is 10.1. The Morgan fingerprint density at radius 1 is 1.06 bits per heavy atom. The van der Waals surface area contributed by atoms with Crippen LogP contribution in [0, 0.1) is 0 Å². The van der Waals surface area contributed by atoms with E-state index >= 15 is 0 Å². The standard InChI is InChI=1S/C24H23ClN4O7/c1-28(11-13-7-3-2-4-8-13)21(32)17-18(30)16(20(31)27-19(26)24(35)36)22(33)29(23(17)34)12-14-9-5-6-10-15(14)25/h2-10,19,30,34H,11-12,26H2,1H3,(H,27,31)(H,35,36). The second kappa shape index (κ2) is 10.9. The van der Waals surface area contributed by atoms with Crippen molar-refractivity contribution in [2.24, 2.45) is 5.73 Å². The summed E-state index contributed by atoms with van der Waals surface area (Å²) in [5, 5.41) is 32.8. The monoisotopic (exact) mass is 514 g/mol. The van der Waals surface area contributed by atoms with Crippen molar-refractivity contribution >= 4 is 29.4 Å². The lowest BCUT2D eigenvalue weighted by Gasteiger charge is -2.22. The Bertz CT molecular complexity index is 1370. The Labute approximate surface area is 210 Å². The van der Waals surface area contributed by atoms with Gasteiger partial charge in [0.25, 0.3) is 17.4 Å². The van der Waals surface area contributed by atoms with Crippen LogP contribution < -0.4 is 16.6 Å². The summed E-state index contributed by atoms with van der Waals surface area (Å²) in [6.07, 6.45) is -1.90. The van der Waals surface area contributed by atoms with Crippen molar-refractivity contribution < 1.29 is 29.7 Å². The maximum atomic E-state index is 13.3. The summed E-state index contributed by atoms with van der Waals surface area (Å²) in [4.78, 5) is 51.5. The normalized spacial score (nSPS) is 11.5. The second-order valence-corrected chi connectivity index (χ2v) is 8.25. The van der Waals surface area contributed by atoms with Crippen LogP contribution in [-0.2, 0) is 17.9 Å². The van der Waals surface area contributed by atoms with Crippen molar-refractivity contribution in [2.75, 3.05) is 7.05 Å². The third-order valence-corrected chi connectivity index (χ3v) is 5.67. The van der Waals surface area contributed by atoms with Gasteiger partial charge in [0.2, 0.25) is 5.88 Å². The van der Waals surface area contributed by atoms with Gasteiger partial charge in [-0.1, -0.05) is 60.1 Å². The van der Waals surface area contributed by atoms with E-state index in [0.29, 0.717) is 10.1 Å². The highest BCUT2D eigenvalue weighted by Gasteiger charge is 2.32. The molecule has 36 heavy (non-hydrogen) atoms. The van der Waals surface area contributed by atoms with Crippen LogP contribution in [0.1, 0.15) is 31.8 Å². The van der Waals surface area contributed by atoms with Crippen LogP contribution in [0.25, 0.3) is 0 Å². The van der Waals surface area contributed by atoms with Gasteiger partial charge in [-0.2, -0.15) is 0 Å². The fraction of sp³-hybridized carbons (Fsp3) is 0.167. The number of carboxylic acids is 1. The summed E-state index contributed by atoms with van der Waals surface area (Å²) < 4.78 is 0.686. The molecule has 3 aromatic rings. The zero-order chi connectivity index (χ0) is 26.6. The molecule has 0 aliphatic carbocycles. The molecule has 188 valence electrons. The van der Waals surface area contributed by atoms with Crippen LogP contribution >= 0.6 is 11.6 Å². The molecule has 0 spiro atoms. The molecular formula is C24H23ClN4O7. The van der Waals surface area contributed by atoms with E-state index in [1.165, 1.54) is 11.9 Å². The maximum Gasteiger partial charge on any atom is 0.341 e. The van der Waals surface area contributed by atoms with Crippen LogP contribution in [-0.4, -0.2) is 55.8 Å². The van der Waals surface area contributed by atoms with Gasteiger partial charge in [0.15, 0.2) is 11.9 Å². The lowest BCUT2D eigenvalue weighted by molar-refractivity contribution is -0.139. The molecule has 0 fully saturated rings. The number of nitrogens with zero attached hydrogens (tertiary/aromatic N) is 2. The molecule has 0 aliphatic rings. The van der Waals surface area contributed by atoms with Gasteiger partial charge in [-0.05, 0) is 17.2 Å². The highest BCUT2D eigenvalue weighted by molar-refractivity contribution is 6.31. The number of rotatable bonds is 8. The van der Waals surface area contributed by atoms with Crippen molar-refractivity contribution in [3.8, 4) is 11.6 Å². The molecule has 11 nitrogen and oxygen atoms in total. The number of hydrogen-bond donors (Lipinski definition) is 5. The predicted molar refractivity (Wildman–Crippen MR) is 130 cm³/mol. The van der Waals surface area contributed by atoms with Gasteiger partial charge in [-0.15, -0.1) is 0 Å². The van der Waals surface area contributed by atoms with Crippen molar-refractivity contribution in [3.05, 3.63) is 92.2 Å². The highest BCUT2D eigenvalue weighted by atomic mass is 35.5. The van der Waals surface area contributed by atoms with Crippen molar-refractivity contribution in [3.63, 3.8) is 0 Å². The van der Waals surface area contributed by atoms with Gasteiger partial charge in [0.1, 0.15) is 11.1 Å². The molecule has 1 atom stereocenters. The Hall–Kier alpha value is -4.35. The Kier molecular flexibility index (Phi) is 7.97. The Morgan fingerprint density at radius 2 is 1.67 bits per heavy atom. The smallest absolute Gasteiger partial charge is 0.341 e. The van der Waals surface area contributed by atoms with E-state index < -0.39 is 52.3 Å². The minimum Gasteiger partial charge on any atom is -0.506 e. The molecule has 0 saturated heterocycles. The van der Waals surface area contributed by atoms with Gasteiger partial charge < -0.3 is 31.3 Å². The van der Waals surface area contributed by atoms with E-state index in [-0.39, 0.29) is 18.1 Å². The minimum absolute atomic E-state index is 0.0770. The lowest BCUT2D eigenvalue weighted by Crippen LogP contribution is -2.49. The summed E-state index contributed by atoms with van der Waals surface area (Å²) >= 11 is 6.18. The summed E-state index contributed by atoms with van der Waals surface area (Å²) in [5.41, 5.74) is 3.56. The van der Waals surface area contributed by atoms with E-state index in [2.05, 4.69) is 0 Å². The number of hydrogen-bond acceptors (Lipinski definition) is 7. The van der Waals surface area contributed by atoms with Crippen LogP contribution in [0.2, 0.25) is 5.02 Å². The minimum atomic E-state index is -1.90. The summed E-state index contributed by atoms with van der Waals surface area (Å²) in [5.74, 6) is -5.87. The molecule has 6 N–H and O–H groups in total. The topological polar surface area (TPSA) is 175 Å². The quantitative estimate of drug-likeness (QED) is 0.280. The molecular weight excluding hydrogens is 492 g/mol. The highest BCUT2D eigenvalue weighted by Crippen LogP contribution is 2.31. The van der Waals surface area contributed by atoms with E-state index in [1.807, 2.05) is 5.32 Å². The first kappa shape index (κ1) is 26.3. The van der Waals surface area contributed by atoms with Crippen molar-refractivity contribution in [1.82, 2.24) is 14.8 Å². The summed E-state index contributed by atoms with van der Waals surface area (Å²) in [6, 6.07) is 15.2. The predicted octanol–water partition coefficient (Wildman–Crippen LogP) is 1.33. The molecule has 1 unspecified atom stereocenters. The molecule has 0 bridgehead atoms. The zero-order valence-electron chi connectivity index (χ0n) is 19.0. The maximum absolute atomic E-state index is 13.3. The molecule has 0 radical (unpaired) electrons. The van der Waals surface area contributed by atoms with E-state index in [0.717, 1.165) is 5.56 Å². The molecule has 0 saturated carbocycles. The van der Waals surface area contributed by atoms with E-state index in [4.69, 9.17) is 22.4 Å². The number of carbonyl (C=O) groups is 3. The fourth-order valence-electron chi connectivity index (χ4n) is 3.44. The SMILES string of the molecule is CN(Cc1ccccc1)C(=O)c1c(O)c(C(=O)NC(N)C(=O)O)c(=O)n(Cc2ccccc2Cl)c1O. The number of carbonyl (C=O) groups excluding carboxylic acids is 2. The first-order valence-electron chi connectivity index (χ1n) is 10.5. The average molecular weight is 515 g/mol. The second-order valence-electron chi connectivity index (χ2n) is 7.84. The van der Waals surface area contributed by atoms with Crippen molar-refractivity contribution in [2.45, 2.75) is 19.3 Å². The number of nitrogens with one attached hydrogen (secondary N) is 1. The number of aromatic nitrogens is 1. The Balaban J connectivity index is 2.16. The Morgan fingerprint density at radius 3 is 2.28 bits per heavy atom. The van der Waals surface area contributed by atoms with Gasteiger partial charge >= 0.3 is 5.97 Å². The number of carboxylic acid groups (broad SMARTS) is 1. The first-order chi connectivity index (χ1) is 17.0. The van der Waals surface area contributed by atoms with E-state index in [1.54, 1.807) is 54.6 Å². The van der Waals surface area contributed by atoms with E-state index in [9.17, 15) is 29.4 Å². The average Bonchev–Trinajstić information content (AvgIpc) is 2.83. The molecule has 12 heteroatoms. The first-order valence-corrected chi connectivity index (χ1v) is 10.9. The molecule has 1 heterocycles. The van der Waals surface area contributed by atoms with Crippen molar-refractivity contribution in [1.29, 1.82) is 0 Å². The number of benzene rings is 2. The fourth-order valence-corrected chi connectivity index (χ4v) is 3.63. The van der Waals surface area contributed by atoms with Crippen LogP contribution in [0.5, 0.6) is 11.6 Å². The number of aliphatic carboxylic acids is 1. The van der Waals surface area contributed by atoms with Crippen LogP contribution in [0.3, 0.4) is 0 Å². The summed E-state index contributed by atoms with van der Waals surface area (Å²) in [6.45, 7) is -0.286. The third kappa shape index (κ3) is 5.48. The molecule has 2 amide bonds. The number of halogens is 1. The largest absolute Gasteiger partial charge is 0.506 e. The zero-order valence-corrected chi connectivity index (χ0v) is 19.8. The van der Waals surface area contributed by atoms with Crippen LogP contribution in [0.15, 0.2) is 59.4 Å². The molecule has 3 rings (SSSR count). The molecule has 1 aromatic heterocycles. The number of aromatic hydroxyl groups is 2. The van der Waals surface area contributed by atoms with Gasteiger partial charge in [-0.3, -0.25) is 19.0 Å². The number of pyridine rings is 1.